The van der Waals surface area contributed by atoms with Gasteiger partial charge < -0.3 is 4.42 Å². The highest BCUT2D eigenvalue weighted by molar-refractivity contribution is 5.15. The molecule has 1 aromatic rings. The van der Waals surface area contributed by atoms with Crippen molar-refractivity contribution in [2.45, 2.75) is 33.1 Å². The van der Waals surface area contributed by atoms with E-state index in [0.29, 0.717) is 5.92 Å². The molecule has 0 amide bonds. The number of furan rings is 1. The van der Waals surface area contributed by atoms with Gasteiger partial charge in [0.05, 0.1) is 6.26 Å². The minimum Gasteiger partial charge on any atom is -0.469 e. The van der Waals surface area contributed by atoms with Gasteiger partial charge in [-0.2, -0.15) is 0 Å². The third kappa shape index (κ3) is 1.41. The summed E-state index contributed by atoms with van der Waals surface area (Å²) < 4.78 is 5.28. The van der Waals surface area contributed by atoms with Gasteiger partial charge in [0.1, 0.15) is 5.76 Å². The summed E-state index contributed by atoms with van der Waals surface area (Å²) in [7, 11) is 0. The molecular formula is C9H14O. The van der Waals surface area contributed by atoms with Crippen molar-refractivity contribution in [1.82, 2.24) is 0 Å². The fourth-order valence-electron chi connectivity index (χ4n) is 0.886. The Hall–Kier alpha value is -0.720. The van der Waals surface area contributed by atoms with E-state index >= 15 is 0 Å². The van der Waals surface area contributed by atoms with Crippen LogP contribution in [0.4, 0.5) is 0 Å². The van der Waals surface area contributed by atoms with E-state index in [1.165, 1.54) is 5.56 Å². The van der Waals surface area contributed by atoms with Gasteiger partial charge >= 0.3 is 0 Å². The first-order valence-electron chi connectivity index (χ1n) is 3.81. The maximum atomic E-state index is 5.28. The minimum absolute atomic E-state index is 0.587. The molecule has 10 heavy (non-hydrogen) atoms. The lowest BCUT2D eigenvalue weighted by atomic mass is 10.1. The second kappa shape index (κ2) is 2.91. The Kier molecular flexibility index (Phi) is 2.15. The Labute approximate surface area is 62.1 Å². The van der Waals surface area contributed by atoms with E-state index in [1.54, 1.807) is 0 Å². The summed E-state index contributed by atoms with van der Waals surface area (Å²) >= 11 is 0. The molecule has 0 aliphatic carbocycles. The zero-order valence-electron chi connectivity index (χ0n) is 6.85. The highest BCUT2D eigenvalue weighted by atomic mass is 16.3. The second-order valence-electron chi connectivity index (χ2n) is 2.85. The summed E-state index contributed by atoms with van der Waals surface area (Å²) in [6.07, 6.45) is 2.84. The molecule has 0 atom stereocenters. The van der Waals surface area contributed by atoms with Crippen LogP contribution < -0.4 is 0 Å². The molecule has 1 aromatic heterocycles. The van der Waals surface area contributed by atoms with Crippen molar-refractivity contribution >= 4 is 0 Å². The van der Waals surface area contributed by atoms with E-state index in [1.807, 2.05) is 6.26 Å². The van der Waals surface area contributed by atoms with E-state index in [-0.39, 0.29) is 0 Å². The van der Waals surface area contributed by atoms with Crippen molar-refractivity contribution in [3.8, 4) is 0 Å². The molecule has 1 heterocycles. The topological polar surface area (TPSA) is 13.1 Å². The Bertz CT molecular complexity index is 198. The first kappa shape index (κ1) is 7.39. The third-order valence-corrected chi connectivity index (χ3v) is 1.69. The molecule has 0 aromatic carbocycles. The Balaban J connectivity index is 2.78. The van der Waals surface area contributed by atoms with Gasteiger partial charge in [0.2, 0.25) is 0 Å². The molecule has 0 unspecified atom stereocenters. The van der Waals surface area contributed by atoms with Crippen molar-refractivity contribution in [2.24, 2.45) is 0 Å². The van der Waals surface area contributed by atoms with Gasteiger partial charge in [-0.05, 0) is 17.5 Å². The predicted octanol–water partition coefficient (Wildman–Crippen LogP) is 2.97. The molecule has 0 aliphatic rings. The lowest BCUT2D eigenvalue weighted by Crippen LogP contribution is -1.80. The Morgan fingerprint density at radius 1 is 1.50 bits per heavy atom. The fraction of sp³-hybridized carbons (Fsp3) is 0.556. The van der Waals surface area contributed by atoms with E-state index in [2.05, 4.69) is 26.8 Å². The molecule has 0 spiro atoms. The third-order valence-electron chi connectivity index (χ3n) is 1.69. The maximum Gasteiger partial charge on any atom is 0.103 e. The lowest BCUT2D eigenvalue weighted by Gasteiger charge is -1.95. The molecule has 0 saturated carbocycles. The fourth-order valence-corrected chi connectivity index (χ4v) is 0.886. The molecule has 1 rings (SSSR count). The molecule has 56 valence electrons. The molecule has 0 fully saturated rings. The molecule has 0 saturated heterocycles. The number of rotatable bonds is 2. The van der Waals surface area contributed by atoms with Crippen molar-refractivity contribution in [3.05, 3.63) is 23.7 Å². The summed E-state index contributed by atoms with van der Waals surface area (Å²) in [5, 5.41) is 0. The van der Waals surface area contributed by atoms with Gasteiger partial charge in [0, 0.05) is 6.42 Å². The van der Waals surface area contributed by atoms with Crippen LogP contribution in [-0.4, -0.2) is 0 Å². The van der Waals surface area contributed by atoms with Gasteiger partial charge in [-0.3, -0.25) is 0 Å². The van der Waals surface area contributed by atoms with Gasteiger partial charge in [-0.25, -0.2) is 0 Å². The van der Waals surface area contributed by atoms with Crippen LogP contribution in [0.25, 0.3) is 0 Å². The summed E-state index contributed by atoms with van der Waals surface area (Å²) in [6, 6.07) is 2.13. The van der Waals surface area contributed by atoms with Crippen molar-refractivity contribution < 1.29 is 4.42 Å². The molecular weight excluding hydrogens is 124 g/mol. The SMILES string of the molecule is CCc1cc(C(C)C)co1. The van der Waals surface area contributed by atoms with Crippen molar-refractivity contribution in [3.63, 3.8) is 0 Å². The van der Waals surface area contributed by atoms with Crippen molar-refractivity contribution in [2.75, 3.05) is 0 Å². The van der Waals surface area contributed by atoms with Crippen LogP contribution in [0.2, 0.25) is 0 Å². The van der Waals surface area contributed by atoms with Gasteiger partial charge in [0.15, 0.2) is 0 Å². The number of aryl methyl sites for hydroxylation is 1. The van der Waals surface area contributed by atoms with Crippen LogP contribution in [0.5, 0.6) is 0 Å². The molecule has 0 N–H and O–H groups in total. The van der Waals surface area contributed by atoms with Gasteiger partial charge in [-0.15, -0.1) is 0 Å². The molecule has 1 nitrogen and oxygen atoms in total. The van der Waals surface area contributed by atoms with Gasteiger partial charge in [0.25, 0.3) is 0 Å². The van der Waals surface area contributed by atoms with Crippen LogP contribution in [-0.2, 0) is 6.42 Å². The van der Waals surface area contributed by atoms with Crippen LogP contribution in [0.15, 0.2) is 16.7 Å². The van der Waals surface area contributed by atoms with E-state index in [9.17, 15) is 0 Å². The predicted molar refractivity (Wildman–Crippen MR) is 42.2 cm³/mol. The van der Waals surface area contributed by atoms with Crippen molar-refractivity contribution in [1.29, 1.82) is 0 Å². The average molecular weight is 138 g/mol. The smallest absolute Gasteiger partial charge is 0.103 e. The average Bonchev–Trinajstić information content (AvgIpc) is 2.34. The number of hydrogen-bond acceptors (Lipinski definition) is 1. The zero-order valence-corrected chi connectivity index (χ0v) is 6.85. The summed E-state index contributed by atoms with van der Waals surface area (Å²) in [4.78, 5) is 0. The van der Waals surface area contributed by atoms with Gasteiger partial charge in [-0.1, -0.05) is 20.8 Å². The first-order valence-corrected chi connectivity index (χ1v) is 3.81. The largest absolute Gasteiger partial charge is 0.469 e. The molecule has 0 bridgehead atoms. The normalized spacial score (nSPS) is 10.8. The molecule has 0 radical (unpaired) electrons. The van der Waals surface area contributed by atoms with Crippen LogP contribution >= 0.6 is 0 Å². The van der Waals surface area contributed by atoms with Crippen LogP contribution in [0.3, 0.4) is 0 Å². The van der Waals surface area contributed by atoms with Crippen LogP contribution in [0, 0.1) is 0 Å². The summed E-state index contributed by atoms with van der Waals surface area (Å²) in [5.74, 6) is 1.67. The Morgan fingerprint density at radius 2 is 2.20 bits per heavy atom. The molecule has 1 heteroatoms. The summed E-state index contributed by atoms with van der Waals surface area (Å²) in [5.41, 5.74) is 1.30. The van der Waals surface area contributed by atoms with E-state index < -0.39 is 0 Å². The van der Waals surface area contributed by atoms with E-state index in [4.69, 9.17) is 4.42 Å². The quantitative estimate of drug-likeness (QED) is 0.612. The standard InChI is InChI=1S/C9H14O/c1-4-9-5-8(6-10-9)7(2)3/h5-7H,4H2,1-3H3. The lowest BCUT2D eigenvalue weighted by molar-refractivity contribution is 0.513. The molecule has 0 aliphatic heterocycles. The number of hydrogen-bond donors (Lipinski definition) is 0. The maximum absolute atomic E-state index is 5.28. The monoisotopic (exact) mass is 138 g/mol. The minimum atomic E-state index is 0.587. The van der Waals surface area contributed by atoms with Crippen LogP contribution in [0.1, 0.15) is 38.0 Å². The highest BCUT2D eigenvalue weighted by Crippen LogP contribution is 2.17. The zero-order chi connectivity index (χ0) is 7.56. The van der Waals surface area contributed by atoms with E-state index in [0.717, 1.165) is 12.2 Å². The summed E-state index contributed by atoms with van der Waals surface area (Å²) in [6.45, 7) is 6.44. The highest BCUT2D eigenvalue weighted by Gasteiger charge is 2.02. The Morgan fingerprint density at radius 3 is 2.50 bits per heavy atom. The first-order chi connectivity index (χ1) is 4.74. The second-order valence-corrected chi connectivity index (χ2v) is 2.85.